The highest BCUT2D eigenvalue weighted by Gasteiger charge is 2.39. The molecule has 0 bridgehead atoms. The number of anilines is 1. The van der Waals surface area contributed by atoms with Gasteiger partial charge in [0.05, 0.1) is 34.0 Å². The van der Waals surface area contributed by atoms with Gasteiger partial charge in [0.25, 0.3) is 11.8 Å². The number of allylic oxidation sites excluding steroid dienone is 2. The van der Waals surface area contributed by atoms with Gasteiger partial charge < -0.3 is 10.6 Å². The summed E-state index contributed by atoms with van der Waals surface area (Å²) in [5.41, 5.74) is 2.05. The number of aromatic nitrogens is 2. The van der Waals surface area contributed by atoms with Gasteiger partial charge in [-0.15, -0.1) is 11.3 Å². The largest absolute Gasteiger partial charge is 0.341 e. The van der Waals surface area contributed by atoms with Crippen LogP contribution in [0.25, 0.3) is 21.0 Å². The SMILES string of the molecule is CC1=CCC(F)C=C1C1NC(=O)c2c1c(NC(=O)c1csc3c(F)cc(F)cc13)cc1c(CC(F)F)n(C)nc21. The smallest absolute Gasteiger partial charge is 0.257 e. The first-order chi connectivity index (χ1) is 19.0. The molecule has 206 valence electrons. The second-order valence-corrected chi connectivity index (χ2v) is 10.7. The van der Waals surface area contributed by atoms with E-state index in [2.05, 4.69) is 15.7 Å². The number of halogens is 5. The van der Waals surface area contributed by atoms with Crippen LogP contribution >= 0.6 is 11.3 Å². The molecule has 0 saturated heterocycles. The van der Waals surface area contributed by atoms with Crippen LogP contribution in [0.4, 0.5) is 27.6 Å². The second-order valence-electron chi connectivity index (χ2n) is 9.81. The molecule has 2 aromatic heterocycles. The molecular formula is C28H21F5N4O2S. The average molecular weight is 573 g/mol. The number of benzene rings is 2. The molecule has 6 rings (SSSR count). The Labute approximate surface area is 228 Å². The van der Waals surface area contributed by atoms with E-state index in [1.54, 1.807) is 13.0 Å². The first kappa shape index (κ1) is 26.2. The first-order valence-corrected chi connectivity index (χ1v) is 13.2. The normalized spacial score (nSPS) is 18.8. The Bertz CT molecular complexity index is 1810. The molecule has 2 aliphatic rings. The van der Waals surface area contributed by atoms with Crippen LogP contribution in [0, 0.1) is 11.6 Å². The quantitative estimate of drug-likeness (QED) is 0.267. The Morgan fingerprint density at radius 1 is 1.25 bits per heavy atom. The van der Waals surface area contributed by atoms with Crippen molar-refractivity contribution in [3.8, 4) is 0 Å². The van der Waals surface area contributed by atoms with Crippen molar-refractivity contribution in [2.24, 2.45) is 7.05 Å². The van der Waals surface area contributed by atoms with Crippen LogP contribution in [0.5, 0.6) is 0 Å². The van der Waals surface area contributed by atoms with Gasteiger partial charge in [0.1, 0.15) is 23.3 Å². The summed E-state index contributed by atoms with van der Waals surface area (Å²) in [5.74, 6) is -2.93. The minimum atomic E-state index is -2.70. The van der Waals surface area contributed by atoms with E-state index in [4.69, 9.17) is 0 Å². The maximum atomic E-state index is 14.4. The Kier molecular flexibility index (Phi) is 6.25. The maximum absolute atomic E-state index is 14.4. The fraction of sp³-hybridized carbons (Fsp3) is 0.250. The second kappa shape index (κ2) is 9.54. The van der Waals surface area contributed by atoms with Gasteiger partial charge in [-0.3, -0.25) is 14.3 Å². The number of aryl methyl sites for hydroxylation is 1. The van der Waals surface area contributed by atoms with Gasteiger partial charge in [0, 0.05) is 46.9 Å². The number of nitrogens with one attached hydrogen (secondary N) is 2. The molecule has 2 unspecified atom stereocenters. The van der Waals surface area contributed by atoms with Gasteiger partial charge >= 0.3 is 0 Å². The molecule has 0 fully saturated rings. The summed E-state index contributed by atoms with van der Waals surface area (Å²) < 4.78 is 71.0. The summed E-state index contributed by atoms with van der Waals surface area (Å²) in [6, 6.07) is 2.39. The maximum Gasteiger partial charge on any atom is 0.257 e. The molecule has 4 aromatic rings. The van der Waals surface area contributed by atoms with Crippen molar-refractivity contribution in [1.29, 1.82) is 0 Å². The third kappa shape index (κ3) is 4.17. The number of hydrogen-bond donors (Lipinski definition) is 2. The zero-order valence-electron chi connectivity index (χ0n) is 21.1. The lowest BCUT2D eigenvalue weighted by Crippen LogP contribution is -2.23. The molecule has 0 radical (unpaired) electrons. The van der Waals surface area contributed by atoms with Gasteiger partial charge in [-0.1, -0.05) is 6.08 Å². The molecule has 0 spiro atoms. The number of fused-ring (bicyclic) bond motifs is 4. The van der Waals surface area contributed by atoms with Crippen molar-refractivity contribution in [2.75, 3.05) is 5.32 Å². The molecule has 0 saturated carbocycles. The van der Waals surface area contributed by atoms with Crippen LogP contribution in [0.3, 0.4) is 0 Å². The molecule has 12 heteroatoms. The molecule has 2 N–H and O–H groups in total. The lowest BCUT2D eigenvalue weighted by Gasteiger charge is -2.23. The van der Waals surface area contributed by atoms with Gasteiger partial charge in [-0.25, -0.2) is 22.0 Å². The van der Waals surface area contributed by atoms with E-state index in [9.17, 15) is 31.5 Å². The molecule has 6 nitrogen and oxygen atoms in total. The average Bonchev–Trinajstić information content (AvgIpc) is 3.55. The zero-order chi connectivity index (χ0) is 28.5. The Morgan fingerprint density at radius 2 is 2.02 bits per heavy atom. The molecule has 2 aromatic carbocycles. The predicted molar refractivity (Wildman–Crippen MR) is 142 cm³/mol. The van der Waals surface area contributed by atoms with E-state index in [0.717, 1.165) is 29.0 Å². The van der Waals surface area contributed by atoms with Gasteiger partial charge in [-0.2, -0.15) is 5.10 Å². The standard InChI is InChI=1S/C28H21F5N4O2S/c1-11-3-4-12(29)5-14(11)24-22-19(34-27(38)17-10-40-26-15(17)6-13(30)7-18(26)31)8-16-20(9-21(32)33)37(2)36-25(16)23(22)28(39)35-24/h3,5-8,10,12,21,24H,4,9H2,1-2H3,(H,34,38)(H,35,39). The number of alkyl halides is 3. The summed E-state index contributed by atoms with van der Waals surface area (Å²) in [6.07, 6.45) is -1.33. The zero-order valence-corrected chi connectivity index (χ0v) is 21.9. The topological polar surface area (TPSA) is 76.0 Å². The molecule has 2 amide bonds. The van der Waals surface area contributed by atoms with Crippen molar-refractivity contribution in [1.82, 2.24) is 15.1 Å². The minimum absolute atomic E-state index is 0.00292. The van der Waals surface area contributed by atoms with Crippen molar-refractivity contribution >= 4 is 49.8 Å². The predicted octanol–water partition coefficient (Wildman–Crippen LogP) is 6.53. The fourth-order valence-electron chi connectivity index (χ4n) is 5.48. The number of rotatable bonds is 5. The minimum Gasteiger partial charge on any atom is -0.341 e. The van der Waals surface area contributed by atoms with Crippen LogP contribution in [-0.4, -0.2) is 34.2 Å². The Balaban J connectivity index is 1.55. The number of carbonyl (C=O) groups is 2. The number of thiophene rings is 1. The monoisotopic (exact) mass is 572 g/mol. The van der Waals surface area contributed by atoms with Crippen LogP contribution in [-0.2, 0) is 13.5 Å². The van der Waals surface area contributed by atoms with Crippen molar-refractivity contribution in [2.45, 2.75) is 38.4 Å². The molecule has 1 aliphatic carbocycles. The third-order valence-electron chi connectivity index (χ3n) is 7.29. The van der Waals surface area contributed by atoms with E-state index in [-0.39, 0.29) is 49.9 Å². The number of nitrogens with zero attached hydrogens (tertiary/aromatic N) is 2. The van der Waals surface area contributed by atoms with Crippen LogP contribution in [0.2, 0.25) is 0 Å². The third-order valence-corrected chi connectivity index (χ3v) is 8.30. The summed E-state index contributed by atoms with van der Waals surface area (Å²) in [4.78, 5) is 26.9. The number of carbonyl (C=O) groups excluding carboxylic acids is 2. The van der Waals surface area contributed by atoms with E-state index >= 15 is 0 Å². The van der Waals surface area contributed by atoms with Crippen molar-refractivity contribution in [3.63, 3.8) is 0 Å². The highest BCUT2D eigenvalue weighted by molar-refractivity contribution is 7.17. The molecule has 40 heavy (non-hydrogen) atoms. The highest BCUT2D eigenvalue weighted by Crippen LogP contribution is 2.44. The summed E-state index contributed by atoms with van der Waals surface area (Å²) >= 11 is 0.929. The van der Waals surface area contributed by atoms with E-state index in [1.165, 1.54) is 29.3 Å². The van der Waals surface area contributed by atoms with Crippen molar-refractivity contribution < 1.29 is 31.5 Å². The summed E-state index contributed by atoms with van der Waals surface area (Å²) in [7, 11) is 1.48. The summed E-state index contributed by atoms with van der Waals surface area (Å²) in [6.45, 7) is 1.78. The van der Waals surface area contributed by atoms with Crippen molar-refractivity contribution in [3.05, 3.63) is 80.9 Å². The molecular weight excluding hydrogens is 551 g/mol. The van der Waals surface area contributed by atoms with Gasteiger partial charge in [0.2, 0.25) is 6.43 Å². The van der Waals surface area contributed by atoms with E-state index < -0.39 is 48.5 Å². The lowest BCUT2D eigenvalue weighted by molar-refractivity contribution is 0.0960. The van der Waals surface area contributed by atoms with Gasteiger partial charge in [0.15, 0.2) is 0 Å². The molecule has 1 aliphatic heterocycles. The van der Waals surface area contributed by atoms with E-state index in [1.807, 2.05) is 0 Å². The highest BCUT2D eigenvalue weighted by atomic mass is 32.1. The summed E-state index contributed by atoms with van der Waals surface area (Å²) in [5, 5.41) is 11.6. The molecule has 3 heterocycles. The van der Waals surface area contributed by atoms with Gasteiger partial charge in [-0.05, 0) is 36.3 Å². The lowest BCUT2D eigenvalue weighted by atomic mass is 9.87. The Hall–Kier alpha value is -4.06. The van der Waals surface area contributed by atoms with Crippen LogP contribution < -0.4 is 10.6 Å². The first-order valence-electron chi connectivity index (χ1n) is 12.4. The van der Waals surface area contributed by atoms with Crippen LogP contribution in [0.1, 0.15) is 51.4 Å². The fourth-order valence-corrected chi connectivity index (χ4v) is 6.42. The molecule has 2 atom stereocenters. The van der Waals surface area contributed by atoms with Crippen LogP contribution in [0.15, 0.2) is 46.9 Å². The van der Waals surface area contributed by atoms with E-state index in [0.29, 0.717) is 11.1 Å². The number of hydrogen-bond acceptors (Lipinski definition) is 4. The Morgan fingerprint density at radius 3 is 2.77 bits per heavy atom. The number of amides is 2.